The molecule has 1 fully saturated rings. The molecule has 0 aliphatic carbocycles. The maximum Gasteiger partial charge on any atom is 0.222 e. The Labute approximate surface area is 65.9 Å². The summed E-state index contributed by atoms with van der Waals surface area (Å²) in [6.45, 7) is 3.37. The molecule has 1 aliphatic heterocycles. The molecule has 4 heteroatoms. The van der Waals surface area contributed by atoms with Crippen LogP contribution in [0, 0.1) is 17.2 Å². The Balaban J connectivity index is 2.58. The fraction of sp³-hybridized carbons (Fsp3) is 0.714. The van der Waals surface area contributed by atoms with Gasteiger partial charge in [-0.2, -0.15) is 0 Å². The van der Waals surface area contributed by atoms with E-state index in [2.05, 4.69) is 0 Å². The number of carbonyl (C=O) groups is 1. The van der Waals surface area contributed by atoms with E-state index < -0.39 is 0 Å². The van der Waals surface area contributed by atoms with E-state index in [9.17, 15) is 4.79 Å². The van der Waals surface area contributed by atoms with Crippen LogP contribution in [0.3, 0.4) is 0 Å². The molecule has 11 heavy (non-hydrogen) atoms. The number of nitrogens with one attached hydrogen (secondary N) is 1. The number of nitrogens with two attached hydrogens (primary N) is 1. The van der Waals surface area contributed by atoms with Gasteiger partial charge in [0.2, 0.25) is 5.91 Å². The van der Waals surface area contributed by atoms with E-state index in [0.29, 0.717) is 6.54 Å². The summed E-state index contributed by atoms with van der Waals surface area (Å²) in [6, 6.07) is 0. The molecule has 1 rings (SSSR count). The fourth-order valence-corrected chi connectivity index (χ4v) is 1.48. The molecule has 1 amide bonds. The first-order valence-electron chi connectivity index (χ1n) is 3.69. The molecule has 0 saturated carbocycles. The van der Waals surface area contributed by atoms with Crippen molar-refractivity contribution in [2.24, 2.45) is 17.6 Å². The maximum absolute atomic E-state index is 10.8. The van der Waals surface area contributed by atoms with Crippen LogP contribution in [0.4, 0.5) is 0 Å². The van der Waals surface area contributed by atoms with E-state index in [1.165, 1.54) is 6.34 Å². The maximum atomic E-state index is 10.8. The van der Waals surface area contributed by atoms with Gasteiger partial charge in [-0.3, -0.25) is 10.2 Å². The molecule has 0 aromatic heterocycles. The van der Waals surface area contributed by atoms with Crippen molar-refractivity contribution in [1.82, 2.24) is 4.90 Å². The normalized spacial score (nSPS) is 30.5. The first-order chi connectivity index (χ1) is 5.15. The Morgan fingerprint density at radius 1 is 1.73 bits per heavy atom. The molecule has 1 heterocycles. The monoisotopic (exact) mass is 155 g/mol. The minimum atomic E-state index is -0.248. The van der Waals surface area contributed by atoms with E-state index >= 15 is 0 Å². The van der Waals surface area contributed by atoms with Gasteiger partial charge in [0.1, 0.15) is 0 Å². The third kappa shape index (κ3) is 1.50. The molecule has 4 nitrogen and oxygen atoms in total. The lowest BCUT2D eigenvalue weighted by Gasteiger charge is -2.08. The molecule has 0 radical (unpaired) electrons. The quantitative estimate of drug-likeness (QED) is 0.422. The summed E-state index contributed by atoms with van der Waals surface area (Å²) >= 11 is 0. The van der Waals surface area contributed by atoms with Gasteiger partial charge < -0.3 is 10.6 Å². The number of hydrogen-bond donors (Lipinski definition) is 2. The average molecular weight is 155 g/mol. The average Bonchev–Trinajstić information content (AvgIpc) is 2.30. The molecular formula is C7H13N3O. The van der Waals surface area contributed by atoms with Gasteiger partial charge in [-0.1, -0.05) is 6.92 Å². The van der Waals surface area contributed by atoms with Crippen molar-refractivity contribution < 1.29 is 4.79 Å². The first kappa shape index (κ1) is 8.04. The van der Waals surface area contributed by atoms with Crippen LogP contribution in [0.2, 0.25) is 0 Å². The van der Waals surface area contributed by atoms with Crippen LogP contribution in [0.25, 0.3) is 0 Å². The van der Waals surface area contributed by atoms with Gasteiger partial charge in [0.15, 0.2) is 0 Å². The van der Waals surface area contributed by atoms with Gasteiger partial charge in [0.25, 0.3) is 0 Å². The number of primary amides is 1. The topological polar surface area (TPSA) is 70.2 Å². The SMILES string of the molecule is CC1CN(C=N)CC1C(N)=O. The second kappa shape index (κ2) is 2.90. The predicted molar refractivity (Wildman–Crippen MR) is 42.2 cm³/mol. The van der Waals surface area contributed by atoms with Crippen molar-refractivity contribution in [1.29, 1.82) is 5.41 Å². The van der Waals surface area contributed by atoms with E-state index in [1.54, 1.807) is 4.90 Å². The fourth-order valence-electron chi connectivity index (χ4n) is 1.48. The summed E-state index contributed by atoms with van der Waals surface area (Å²) in [5.74, 6) is -0.0347. The molecule has 0 aromatic rings. The summed E-state index contributed by atoms with van der Waals surface area (Å²) in [5.41, 5.74) is 5.16. The van der Waals surface area contributed by atoms with Gasteiger partial charge in [-0.05, 0) is 5.92 Å². The number of carbonyl (C=O) groups excluding carboxylic acids is 1. The number of nitrogens with zero attached hydrogens (tertiary/aromatic N) is 1. The molecule has 62 valence electrons. The van der Waals surface area contributed by atoms with Crippen molar-refractivity contribution in [3.8, 4) is 0 Å². The lowest BCUT2D eigenvalue weighted by Crippen LogP contribution is -2.28. The molecule has 0 bridgehead atoms. The van der Waals surface area contributed by atoms with E-state index in [1.807, 2.05) is 6.92 Å². The standard InChI is InChI=1S/C7H13N3O/c1-5-2-10(4-8)3-6(5)7(9)11/h4-6,8H,2-3H2,1H3,(H2,9,11). The Bertz CT molecular complexity index is 181. The smallest absolute Gasteiger partial charge is 0.222 e. The van der Waals surface area contributed by atoms with Crippen molar-refractivity contribution in [2.75, 3.05) is 13.1 Å². The number of hydrogen-bond acceptors (Lipinski definition) is 2. The third-order valence-corrected chi connectivity index (χ3v) is 2.19. The molecule has 0 aromatic carbocycles. The Kier molecular flexibility index (Phi) is 2.12. The van der Waals surface area contributed by atoms with Gasteiger partial charge >= 0.3 is 0 Å². The van der Waals surface area contributed by atoms with Gasteiger partial charge in [0, 0.05) is 13.1 Å². The molecule has 1 aliphatic rings. The van der Waals surface area contributed by atoms with Gasteiger partial charge in [-0.25, -0.2) is 0 Å². The number of rotatable bonds is 2. The third-order valence-electron chi connectivity index (χ3n) is 2.19. The lowest BCUT2D eigenvalue weighted by molar-refractivity contribution is -0.122. The van der Waals surface area contributed by atoms with Crippen molar-refractivity contribution >= 4 is 12.2 Å². The van der Waals surface area contributed by atoms with Crippen molar-refractivity contribution in [2.45, 2.75) is 6.92 Å². The predicted octanol–water partition coefficient (Wildman–Crippen LogP) is -0.353. The molecule has 2 unspecified atom stereocenters. The van der Waals surface area contributed by atoms with Crippen LogP contribution in [0.5, 0.6) is 0 Å². The highest BCUT2D eigenvalue weighted by molar-refractivity contribution is 5.78. The summed E-state index contributed by atoms with van der Waals surface area (Å²) in [5, 5.41) is 6.97. The van der Waals surface area contributed by atoms with Crippen LogP contribution in [0.15, 0.2) is 0 Å². The van der Waals surface area contributed by atoms with Gasteiger partial charge in [0.05, 0.1) is 12.3 Å². The summed E-state index contributed by atoms with van der Waals surface area (Å²) < 4.78 is 0. The van der Waals surface area contributed by atoms with E-state index in [-0.39, 0.29) is 17.7 Å². The summed E-state index contributed by atoms with van der Waals surface area (Å²) in [6.07, 6.45) is 1.26. The Hall–Kier alpha value is -1.06. The Morgan fingerprint density at radius 2 is 2.36 bits per heavy atom. The largest absolute Gasteiger partial charge is 0.369 e. The first-order valence-corrected chi connectivity index (χ1v) is 3.69. The lowest BCUT2D eigenvalue weighted by atomic mass is 9.98. The highest BCUT2D eigenvalue weighted by Crippen LogP contribution is 2.20. The minimum absolute atomic E-state index is 0.0726. The second-order valence-corrected chi connectivity index (χ2v) is 3.07. The van der Waals surface area contributed by atoms with Crippen LogP contribution >= 0.6 is 0 Å². The minimum Gasteiger partial charge on any atom is -0.369 e. The van der Waals surface area contributed by atoms with Crippen LogP contribution in [0.1, 0.15) is 6.92 Å². The van der Waals surface area contributed by atoms with Gasteiger partial charge in [-0.15, -0.1) is 0 Å². The van der Waals surface area contributed by atoms with Crippen molar-refractivity contribution in [3.05, 3.63) is 0 Å². The molecular weight excluding hydrogens is 142 g/mol. The van der Waals surface area contributed by atoms with Crippen LogP contribution in [-0.2, 0) is 4.79 Å². The molecule has 2 atom stereocenters. The van der Waals surface area contributed by atoms with Crippen LogP contribution < -0.4 is 5.73 Å². The zero-order valence-corrected chi connectivity index (χ0v) is 6.58. The summed E-state index contributed by atoms with van der Waals surface area (Å²) in [7, 11) is 0. The number of amides is 1. The zero-order chi connectivity index (χ0) is 8.43. The molecule has 3 N–H and O–H groups in total. The second-order valence-electron chi connectivity index (χ2n) is 3.07. The van der Waals surface area contributed by atoms with Crippen LogP contribution in [-0.4, -0.2) is 30.2 Å². The highest BCUT2D eigenvalue weighted by atomic mass is 16.1. The zero-order valence-electron chi connectivity index (χ0n) is 6.58. The number of likely N-dealkylation sites (tertiary alicyclic amines) is 1. The van der Waals surface area contributed by atoms with E-state index in [4.69, 9.17) is 11.1 Å². The summed E-state index contributed by atoms with van der Waals surface area (Å²) in [4.78, 5) is 12.6. The Morgan fingerprint density at radius 3 is 2.64 bits per heavy atom. The highest BCUT2D eigenvalue weighted by Gasteiger charge is 2.31. The van der Waals surface area contributed by atoms with E-state index in [0.717, 1.165) is 6.54 Å². The van der Waals surface area contributed by atoms with Crippen molar-refractivity contribution in [3.63, 3.8) is 0 Å². The molecule has 1 saturated heterocycles. The molecule has 0 spiro atoms.